The molecule has 0 fully saturated rings. The monoisotopic (exact) mass is 268 g/mol. The fourth-order valence-corrected chi connectivity index (χ4v) is 2.24. The van der Waals surface area contributed by atoms with Crippen molar-refractivity contribution in [2.75, 3.05) is 20.3 Å². The molecule has 0 aliphatic rings. The number of ether oxygens (including phenoxy) is 1. The van der Waals surface area contributed by atoms with Crippen molar-refractivity contribution in [2.45, 2.75) is 26.3 Å². The Kier molecular flexibility index (Phi) is 7.28. The number of methoxy groups -OCH3 is 1. The number of carboxylic acids is 1. The van der Waals surface area contributed by atoms with E-state index < -0.39 is 22.2 Å². The third kappa shape index (κ3) is 6.57. The van der Waals surface area contributed by atoms with E-state index in [0.717, 1.165) is 0 Å². The fraction of sp³-hybridized carbons (Fsp3) is 0.889. The summed E-state index contributed by atoms with van der Waals surface area (Å²) in [5, 5.41) is 8.93. The van der Waals surface area contributed by atoms with Crippen molar-refractivity contribution in [2.24, 2.45) is 5.92 Å². The average molecular weight is 268 g/mol. The number of aliphatic carboxylic acids is 1. The van der Waals surface area contributed by atoms with Crippen LogP contribution >= 0.6 is 0 Å². The van der Waals surface area contributed by atoms with E-state index in [4.69, 9.17) is 5.11 Å². The highest BCUT2D eigenvalue weighted by atomic mass is 32.2. The summed E-state index contributed by atoms with van der Waals surface area (Å²) >= 11 is 0. The molecule has 0 saturated heterocycles. The van der Waals surface area contributed by atoms with Crippen LogP contribution in [-0.2, 0) is 19.7 Å². The molecular formula is C9H20N2O5S. The van der Waals surface area contributed by atoms with E-state index in [1.807, 2.05) is 0 Å². The predicted molar refractivity (Wildman–Crippen MR) is 62.8 cm³/mol. The number of hydrogen-bond donors (Lipinski definition) is 3. The maximum absolute atomic E-state index is 11.5. The second-order valence-corrected chi connectivity index (χ2v) is 5.24. The normalized spacial score (nSPS) is 15.5. The molecule has 0 aromatic heterocycles. The number of rotatable bonds is 9. The molecule has 0 rings (SSSR count). The Morgan fingerprint density at radius 1 is 1.47 bits per heavy atom. The van der Waals surface area contributed by atoms with Crippen LogP contribution in [0, 0.1) is 5.92 Å². The molecule has 2 atom stereocenters. The van der Waals surface area contributed by atoms with E-state index in [2.05, 4.69) is 14.2 Å². The first kappa shape index (κ1) is 16.3. The highest BCUT2D eigenvalue weighted by Gasteiger charge is 2.27. The number of nitrogens with one attached hydrogen (secondary N) is 2. The molecule has 1 unspecified atom stereocenters. The van der Waals surface area contributed by atoms with Crippen LogP contribution in [0.4, 0.5) is 0 Å². The summed E-state index contributed by atoms with van der Waals surface area (Å²) in [7, 11) is -2.37. The predicted octanol–water partition coefficient (Wildman–Crippen LogP) is -0.444. The van der Waals surface area contributed by atoms with Crippen LogP contribution in [0.25, 0.3) is 0 Å². The quantitative estimate of drug-likeness (QED) is 0.492. The number of carbonyl (C=O) groups is 1. The standard InChI is InChI=1S/C9H20N2O5S/c1-4-7(2)8(9(12)13)11-17(14,15)10-5-6-16-3/h7-8,10-11H,4-6H2,1-3H3,(H,12,13)/t7?,8-/m0/s1. The van der Waals surface area contributed by atoms with Gasteiger partial charge in [0.05, 0.1) is 6.61 Å². The van der Waals surface area contributed by atoms with Crippen LogP contribution in [-0.4, -0.2) is 45.8 Å². The molecule has 0 radical (unpaired) electrons. The summed E-state index contributed by atoms with van der Waals surface area (Å²) in [6.45, 7) is 3.80. The summed E-state index contributed by atoms with van der Waals surface area (Å²) in [5.74, 6) is -1.47. The van der Waals surface area contributed by atoms with Crippen molar-refractivity contribution in [1.29, 1.82) is 0 Å². The van der Waals surface area contributed by atoms with E-state index >= 15 is 0 Å². The van der Waals surface area contributed by atoms with Gasteiger partial charge in [0, 0.05) is 13.7 Å². The van der Waals surface area contributed by atoms with Crippen molar-refractivity contribution in [3.8, 4) is 0 Å². The van der Waals surface area contributed by atoms with Crippen LogP contribution in [0.1, 0.15) is 20.3 Å². The van der Waals surface area contributed by atoms with E-state index in [9.17, 15) is 13.2 Å². The lowest BCUT2D eigenvalue weighted by Crippen LogP contribution is -2.49. The molecule has 0 heterocycles. The van der Waals surface area contributed by atoms with Crippen molar-refractivity contribution in [3.05, 3.63) is 0 Å². The maximum atomic E-state index is 11.5. The van der Waals surface area contributed by atoms with Crippen LogP contribution in [0.3, 0.4) is 0 Å². The number of carboxylic acid groups (broad SMARTS) is 1. The minimum absolute atomic E-state index is 0.0959. The SMILES string of the molecule is CCC(C)[C@H](NS(=O)(=O)NCCOC)C(=O)O. The van der Waals surface area contributed by atoms with Crippen LogP contribution in [0.2, 0.25) is 0 Å². The van der Waals surface area contributed by atoms with Gasteiger partial charge in [-0.1, -0.05) is 20.3 Å². The zero-order chi connectivity index (χ0) is 13.5. The Labute approximate surface area is 102 Å². The largest absolute Gasteiger partial charge is 0.480 e. The Morgan fingerprint density at radius 2 is 2.06 bits per heavy atom. The lowest BCUT2D eigenvalue weighted by atomic mass is 10.0. The lowest BCUT2D eigenvalue weighted by Gasteiger charge is -2.20. The van der Waals surface area contributed by atoms with E-state index in [1.54, 1.807) is 13.8 Å². The summed E-state index contributed by atoms with van der Waals surface area (Å²) < 4.78 is 32.0. The van der Waals surface area contributed by atoms with Crippen LogP contribution < -0.4 is 9.44 Å². The van der Waals surface area contributed by atoms with Gasteiger partial charge >= 0.3 is 5.97 Å². The Morgan fingerprint density at radius 3 is 2.47 bits per heavy atom. The van der Waals surface area contributed by atoms with Gasteiger partial charge in [-0.25, -0.2) is 0 Å². The minimum atomic E-state index is -3.81. The van der Waals surface area contributed by atoms with Gasteiger partial charge in [0.15, 0.2) is 0 Å². The zero-order valence-corrected chi connectivity index (χ0v) is 11.1. The van der Waals surface area contributed by atoms with Gasteiger partial charge in [0.25, 0.3) is 10.2 Å². The molecule has 0 bridgehead atoms. The first-order chi connectivity index (χ1) is 7.84. The highest BCUT2D eigenvalue weighted by molar-refractivity contribution is 7.87. The third-order valence-corrected chi connectivity index (χ3v) is 3.51. The molecule has 102 valence electrons. The van der Waals surface area contributed by atoms with Crippen molar-refractivity contribution in [3.63, 3.8) is 0 Å². The molecule has 0 aromatic carbocycles. The number of hydrogen-bond acceptors (Lipinski definition) is 4. The second-order valence-electron chi connectivity index (χ2n) is 3.71. The van der Waals surface area contributed by atoms with E-state index in [1.165, 1.54) is 7.11 Å². The fourth-order valence-electron chi connectivity index (χ4n) is 1.13. The average Bonchev–Trinajstić information content (AvgIpc) is 2.25. The smallest absolute Gasteiger partial charge is 0.322 e. The molecule has 8 heteroatoms. The first-order valence-electron chi connectivity index (χ1n) is 5.32. The van der Waals surface area contributed by atoms with Crippen LogP contribution in [0.5, 0.6) is 0 Å². The Bertz CT molecular complexity index is 330. The molecule has 0 aliphatic heterocycles. The molecule has 0 aliphatic carbocycles. The van der Waals surface area contributed by atoms with Gasteiger partial charge in [0.2, 0.25) is 0 Å². The van der Waals surface area contributed by atoms with Crippen LogP contribution in [0.15, 0.2) is 0 Å². The van der Waals surface area contributed by atoms with Gasteiger partial charge in [-0.2, -0.15) is 17.9 Å². The van der Waals surface area contributed by atoms with Gasteiger partial charge in [-0.15, -0.1) is 0 Å². The topological polar surface area (TPSA) is 105 Å². The Balaban J connectivity index is 4.48. The molecule has 0 saturated carbocycles. The summed E-state index contributed by atoms with van der Waals surface area (Å²) in [5.41, 5.74) is 0. The van der Waals surface area contributed by atoms with Gasteiger partial charge in [-0.05, 0) is 5.92 Å². The maximum Gasteiger partial charge on any atom is 0.322 e. The summed E-state index contributed by atoms with van der Waals surface area (Å²) in [4.78, 5) is 10.9. The molecule has 0 spiro atoms. The minimum Gasteiger partial charge on any atom is -0.480 e. The first-order valence-corrected chi connectivity index (χ1v) is 6.81. The third-order valence-electron chi connectivity index (χ3n) is 2.36. The van der Waals surface area contributed by atoms with Gasteiger partial charge < -0.3 is 9.84 Å². The summed E-state index contributed by atoms with van der Waals surface area (Å²) in [6, 6.07) is -1.12. The molecule has 0 aromatic rings. The molecule has 7 nitrogen and oxygen atoms in total. The lowest BCUT2D eigenvalue weighted by molar-refractivity contribution is -0.140. The molecule has 0 amide bonds. The van der Waals surface area contributed by atoms with Gasteiger partial charge in [0.1, 0.15) is 6.04 Å². The molecular weight excluding hydrogens is 248 g/mol. The van der Waals surface area contributed by atoms with Crippen molar-refractivity contribution in [1.82, 2.24) is 9.44 Å². The van der Waals surface area contributed by atoms with E-state index in [-0.39, 0.29) is 19.1 Å². The van der Waals surface area contributed by atoms with Gasteiger partial charge in [-0.3, -0.25) is 4.79 Å². The molecule has 3 N–H and O–H groups in total. The zero-order valence-electron chi connectivity index (χ0n) is 10.3. The molecule has 17 heavy (non-hydrogen) atoms. The van der Waals surface area contributed by atoms with E-state index in [0.29, 0.717) is 6.42 Å². The highest BCUT2D eigenvalue weighted by Crippen LogP contribution is 2.08. The van der Waals surface area contributed by atoms with Crippen molar-refractivity contribution >= 4 is 16.2 Å². The second kappa shape index (κ2) is 7.59. The Hall–Kier alpha value is -0.700. The van der Waals surface area contributed by atoms with Crippen molar-refractivity contribution < 1.29 is 23.1 Å². The summed E-state index contributed by atoms with van der Waals surface area (Å²) in [6.07, 6.45) is 0.567.